The van der Waals surface area contributed by atoms with Gasteiger partial charge in [0.25, 0.3) is 0 Å². The molecule has 0 aliphatic heterocycles. The average Bonchev–Trinajstić information content (AvgIpc) is 2.35. The first-order valence-electron chi connectivity index (χ1n) is 6.45. The number of rotatable bonds is 7. The van der Waals surface area contributed by atoms with Crippen LogP contribution in [0.4, 0.5) is 0 Å². The van der Waals surface area contributed by atoms with Crippen LogP contribution < -0.4 is 4.74 Å². The standard InChI is InChI=1S/C15H22O2S/c1-5-9-18-10-14(16)13-7-8-15(17-6-2)12(4)11(13)3/h7-8H,5-6,9-10H2,1-4H3. The van der Waals surface area contributed by atoms with E-state index in [1.54, 1.807) is 11.8 Å². The van der Waals surface area contributed by atoms with E-state index in [0.717, 1.165) is 34.6 Å². The summed E-state index contributed by atoms with van der Waals surface area (Å²) >= 11 is 1.70. The second-order valence-electron chi connectivity index (χ2n) is 4.27. The normalized spacial score (nSPS) is 10.4. The van der Waals surface area contributed by atoms with Crippen LogP contribution in [0.15, 0.2) is 12.1 Å². The highest BCUT2D eigenvalue weighted by atomic mass is 32.2. The molecule has 1 aromatic carbocycles. The van der Waals surface area contributed by atoms with Crippen molar-refractivity contribution in [3.63, 3.8) is 0 Å². The number of benzene rings is 1. The fourth-order valence-corrected chi connectivity index (χ4v) is 2.57. The van der Waals surface area contributed by atoms with Gasteiger partial charge in [-0.15, -0.1) is 0 Å². The Morgan fingerprint density at radius 3 is 2.56 bits per heavy atom. The summed E-state index contributed by atoms with van der Waals surface area (Å²) in [5.74, 6) is 2.72. The van der Waals surface area contributed by atoms with Crippen molar-refractivity contribution in [2.24, 2.45) is 0 Å². The molecular weight excluding hydrogens is 244 g/mol. The summed E-state index contributed by atoms with van der Waals surface area (Å²) < 4.78 is 5.53. The van der Waals surface area contributed by atoms with Crippen molar-refractivity contribution in [2.45, 2.75) is 34.1 Å². The maximum absolute atomic E-state index is 12.1. The lowest BCUT2D eigenvalue weighted by molar-refractivity contribution is 0.102. The molecule has 0 radical (unpaired) electrons. The Bertz CT molecular complexity index is 413. The Hall–Kier alpha value is -0.960. The lowest BCUT2D eigenvalue weighted by atomic mass is 10.00. The Kier molecular flexibility index (Phi) is 6.27. The Morgan fingerprint density at radius 2 is 1.94 bits per heavy atom. The van der Waals surface area contributed by atoms with Gasteiger partial charge in [-0.3, -0.25) is 4.79 Å². The number of ketones is 1. The van der Waals surface area contributed by atoms with Gasteiger partial charge in [-0.1, -0.05) is 6.92 Å². The Labute approximate surface area is 114 Å². The third-order valence-corrected chi connectivity index (χ3v) is 4.08. The molecule has 0 spiro atoms. The first kappa shape index (κ1) is 15.1. The highest BCUT2D eigenvalue weighted by Crippen LogP contribution is 2.25. The number of Topliss-reactive ketones (excluding diaryl/α,β-unsaturated/α-hetero) is 1. The molecule has 0 unspecified atom stereocenters. The van der Waals surface area contributed by atoms with Gasteiger partial charge in [-0.25, -0.2) is 0 Å². The van der Waals surface area contributed by atoms with Crippen molar-refractivity contribution >= 4 is 17.5 Å². The second kappa shape index (κ2) is 7.47. The van der Waals surface area contributed by atoms with Crippen LogP contribution in [0.3, 0.4) is 0 Å². The van der Waals surface area contributed by atoms with Crippen molar-refractivity contribution in [1.29, 1.82) is 0 Å². The summed E-state index contributed by atoms with van der Waals surface area (Å²) in [7, 11) is 0. The highest BCUT2D eigenvalue weighted by molar-refractivity contribution is 7.99. The van der Waals surface area contributed by atoms with E-state index < -0.39 is 0 Å². The summed E-state index contributed by atoms with van der Waals surface area (Å²) in [6.45, 7) is 8.75. The van der Waals surface area contributed by atoms with Crippen molar-refractivity contribution in [3.05, 3.63) is 28.8 Å². The molecule has 1 aromatic rings. The molecule has 0 atom stereocenters. The molecule has 0 heterocycles. The zero-order chi connectivity index (χ0) is 13.5. The molecule has 0 amide bonds. The molecule has 0 aromatic heterocycles. The summed E-state index contributed by atoms with van der Waals surface area (Å²) in [6, 6.07) is 3.80. The van der Waals surface area contributed by atoms with Crippen molar-refractivity contribution in [3.8, 4) is 5.75 Å². The van der Waals surface area contributed by atoms with E-state index in [1.165, 1.54) is 0 Å². The SMILES string of the molecule is CCCSCC(=O)c1ccc(OCC)c(C)c1C. The van der Waals surface area contributed by atoms with Crippen LogP contribution >= 0.6 is 11.8 Å². The number of hydrogen-bond donors (Lipinski definition) is 0. The first-order valence-corrected chi connectivity index (χ1v) is 7.61. The predicted molar refractivity (Wildman–Crippen MR) is 79.0 cm³/mol. The van der Waals surface area contributed by atoms with Gasteiger partial charge in [0.2, 0.25) is 0 Å². The van der Waals surface area contributed by atoms with Gasteiger partial charge in [0.05, 0.1) is 12.4 Å². The van der Waals surface area contributed by atoms with Crippen LogP contribution in [0, 0.1) is 13.8 Å². The van der Waals surface area contributed by atoms with Crippen molar-refractivity contribution < 1.29 is 9.53 Å². The van der Waals surface area contributed by atoms with E-state index in [1.807, 2.05) is 32.9 Å². The molecule has 0 saturated carbocycles. The summed E-state index contributed by atoms with van der Waals surface area (Å²) in [4.78, 5) is 12.1. The van der Waals surface area contributed by atoms with Crippen LogP contribution in [0.5, 0.6) is 5.75 Å². The van der Waals surface area contributed by atoms with Gasteiger partial charge in [0.15, 0.2) is 5.78 Å². The monoisotopic (exact) mass is 266 g/mol. The first-order chi connectivity index (χ1) is 8.61. The van der Waals surface area contributed by atoms with Gasteiger partial charge in [-0.2, -0.15) is 11.8 Å². The molecule has 18 heavy (non-hydrogen) atoms. The molecule has 1 rings (SSSR count). The smallest absolute Gasteiger partial charge is 0.172 e. The minimum absolute atomic E-state index is 0.220. The van der Waals surface area contributed by atoms with Crippen LogP contribution in [0.25, 0.3) is 0 Å². The van der Waals surface area contributed by atoms with Crippen molar-refractivity contribution in [2.75, 3.05) is 18.1 Å². The highest BCUT2D eigenvalue weighted by Gasteiger charge is 2.13. The number of carbonyl (C=O) groups is 1. The minimum atomic E-state index is 0.220. The van der Waals surface area contributed by atoms with Gasteiger partial charge < -0.3 is 4.74 Å². The fourth-order valence-electron chi connectivity index (χ4n) is 1.80. The molecule has 2 nitrogen and oxygen atoms in total. The molecule has 100 valence electrons. The molecule has 0 aliphatic carbocycles. The quantitative estimate of drug-likeness (QED) is 0.550. The Morgan fingerprint density at radius 1 is 1.22 bits per heavy atom. The second-order valence-corrected chi connectivity index (χ2v) is 5.38. The molecular formula is C15H22O2S. The van der Waals surface area contributed by atoms with Gasteiger partial charge in [-0.05, 0) is 56.2 Å². The minimum Gasteiger partial charge on any atom is -0.494 e. The third-order valence-electron chi connectivity index (χ3n) is 2.92. The van der Waals surface area contributed by atoms with E-state index in [0.29, 0.717) is 12.4 Å². The van der Waals surface area contributed by atoms with E-state index in [9.17, 15) is 4.79 Å². The number of thioether (sulfide) groups is 1. The number of ether oxygens (including phenoxy) is 1. The van der Waals surface area contributed by atoms with Crippen molar-refractivity contribution in [1.82, 2.24) is 0 Å². The van der Waals surface area contributed by atoms with E-state index in [4.69, 9.17) is 4.74 Å². The van der Waals surface area contributed by atoms with E-state index >= 15 is 0 Å². The topological polar surface area (TPSA) is 26.3 Å². The zero-order valence-corrected chi connectivity index (χ0v) is 12.5. The summed E-state index contributed by atoms with van der Waals surface area (Å²) in [5.41, 5.74) is 2.95. The van der Waals surface area contributed by atoms with Crippen LogP contribution in [-0.2, 0) is 0 Å². The van der Waals surface area contributed by atoms with Gasteiger partial charge in [0.1, 0.15) is 5.75 Å². The molecule has 0 fully saturated rings. The van der Waals surface area contributed by atoms with Crippen LogP contribution in [0.2, 0.25) is 0 Å². The van der Waals surface area contributed by atoms with Crippen LogP contribution in [-0.4, -0.2) is 23.9 Å². The number of hydrogen-bond acceptors (Lipinski definition) is 3. The maximum Gasteiger partial charge on any atom is 0.172 e. The largest absolute Gasteiger partial charge is 0.494 e. The lowest BCUT2D eigenvalue weighted by Crippen LogP contribution is -2.07. The molecule has 3 heteroatoms. The summed E-state index contributed by atoms with van der Waals surface area (Å²) in [5, 5.41) is 0. The third kappa shape index (κ3) is 3.77. The molecule has 0 saturated heterocycles. The summed E-state index contributed by atoms with van der Waals surface area (Å²) in [6.07, 6.45) is 1.11. The average molecular weight is 266 g/mol. The van der Waals surface area contributed by atoms with E-state index in [2.05, 4.69) is 6.92 Å². The number of carbonyl (C=O) groups excluding carboxylic acids is 1. The fraction of sp³-hybridized carbons (Fsp3) is 0.533. The van der Waals surface area contributed by atoms with Crippen LogP contribution in [0.1, 0.15) is 41.8 Å². The van der Waals surface area contributed by atoms with E-state index in [-0.39, 0.29) is 5.78 Å². The zero-order valence-electron chi connectivity index (χ0n) is 11.7. The van der Waals surface area contributed by atoms with Gasteiger partial charge in [0, 0.05) is 5.56 Å². The lowest BCUT2D eigenvalue weighted by Gasteiger charge is -2.12. The molecule has 0 aliphatic rings. The maximum atomic E-state index is 12.1. The van der Waals surface area contributed by atoms with Gasteiger partial charge >= 0.3 is 0 Å². The molecule has 0 bridgehead atoms. The molecule has 0 N–H and O–H groups in total. The Balaban J connectivity index is 2.84. The predicted octanol–water partition coefficient (Wildman–Crippen LogP) is 4.03.